The predicted molar refractivity (Wildman–Crippen MR) is 102 cm³/mol. The van der Waals surface area contributed by atoms with Crippen LogP contribution in [0, 0.1) is 22.6 Å². The number of halogens is 1. The molecule has 5 atom stereocenters. The van der Waals surface area contributed by atoms with Crippen molar-refractivity contribution in [3.63, 3.8) is 0 Å². The molecule has 5 heteroatoms. The lowest BCUT2D eigenvalue weighted by atomic mass is 9.74. The number of ether oxygens (including phenoxy) is 1. The van der Waals surface area contributed by atoms with Crippen molar-refractivity contribution in [2.24, 2.45) is 11.8 Å². The number of fused-ring (bicyclic) bond motifs is 4. The highest BCUT2D eigenvalue weighted by Crippen LogP contribution is 2.41. The largest absolute Gasteiger partial charge is 0.497 e. The molecular weight excluding hydrogens is 380 g/mol. The van der Waals surface area contributed by atoms with Gasteiger partial charge < -0.3 is 9.84 Å². The van der Waals surface area contributed by atoms with Gasteiger partial charge in [0.1, 0.15) is 5.75 Å². The standard InChI is InChI=1S/C20H21BrN2O2/c1-25-15-2-3-18-17(11-15)16(5-8-22-18)20(24)19-10-13-6-9-23(19)12-14(13)4-7-21/h2-3,5,8,11,13-14,19-20,24H,6,9-10,12H2,1H3/t13-,14-,19+,20-/m0/s1. The van der Waals surface area contributed by atoms with E-state index in [1.54, 1.807) is 13.3 Å². The number of rotatable bonds is 3. The zero-order chi connectivity index (χ0) is 17.4. The van der Waals surface area contributed by atoms with Gasteiger partial charge in [0.05, 0.1) is 18.7 Å². The van der Waals surface area contributed by atoms with Crippen LogP contribution in [0.5, 0.6) is 5.75 Å². The zero-order valence-electron chi connectivity index (χ0n) is 14.2. The second kappa shape index (κ2) is 6.95. The molecule has 2 aromatic rings. The van der Waals surface area contributed by atoms with Crippen LogP contribution in [0.15, 0.2) is 30.5 Å². The molecule has 3 aliphatic heterocycles. The van der Waals surface area contributed by atoms with E-state index in [2.05, 4.69) is 36.6 Å². The second-order valence-corrected chi connectivity index (χ2v) is 7.32. The number of methoxy groups -OCH3 is 1. The number of aromatic nitrogens is 1. The van der Waals surface area contributed by atoms with Gasteiger partial charge in [-0.05, 0) is 60.0 Å². The fourth-order valence-electron chi connectivity index (χ4n) is 4.37. The summed E-state index contributed by atoms with van der Waals surface area (Å²) in [5.41, 5.74) is 1.82. The third-order valence-corrected chi connectivity index (χ3v) is 5.94. The van der Waals surface area contributed by atoms with Crippen LogP contribution in [0.1, 0.15) is 24.5 Å². The van der Waals surface area contributed by atoms with E-state index in [0.29, 0.717) is 11.8 Å². The lowest BCUT2D eigenvalue weighted by Gasteiger charge is -2.50. The molecule has 3 aliphatic rings. The Morgan fingerprint density at radius 3 is 3.00 bits per heavy atom. The predicted octanol–water partition coefficient (Wildman–Crippen LogP) is 3.34. The Labute approximate surface area is 156 Å². The van der Waals surface area contributed by atoms with Gasteiger partial charge in [-0.3, -0.25) is 9.88 Å². The van der Waals surface area contributed by atoms with Crippen molar-refractivity contribution in [3.8, 4) is 16.5 Å². The summed E-state index contributed by atoms with van der Waals surface area (Å²) in [6, 6.07) is 7.89. The summed E-state index contributed by atoms with van der Waals surface area (Å²) in [5.74, 6) is 5.04. The summed E-state index contributed by atoms with van der Waals surface area (Å²) >= 11 is 3.23. The molecule has 0 amide bonds. The van der Waals surface area contributed by atoms with Crippen molar-refractivity contribution in [3.05, 3.63) is 36.0 Å². The van der Waals surface area contributed by atoms with Crippen molar-refractivity contribution in [1.29, 1.82) is 0 Å². The number of benzene rings is 1. The molecule has 1 aromatic carbocycles. The van der Waals surface area contributed by atoms with Crippen molar-refractivity contribution in [1.82, 2.24) is 9.88 Å². The summed E-state index contributed by atoms with van der Waals surface area (Å²) in [4.78, 5) is 9.71. The van der Waals surface area contributed by atoms with E-state index in [9.17, 15) is 5.11 Å². The molecule has 3 fully saturated rings. The molecule has 0 aliphatic carbocycles. The number of aliphatic hydroxyl groups excluding tert-OH is 1. The second-order valence-electron chi connectivity index (χ2n) is 6.92. The first-order valence-electron chi connectivity index (χ1n) is 8.67. The highest BCUT2D eigenvalue weighted by Gasteiger charge is 2.42. The van der Waals surface area contributed by atoms with E-state index in [0.717, 1.165) is 41.7 Å². The molecule has 1 N–H and O–H groups in total. The molecule has 4 heterocycles. The summed E-state index contributed by atoms with van der Waals surface area (Å²) in [7, 11) is 1.66. The van der Waals surface area contributed by atoms with Crippen LogP contribution in [-0.2, 0) is 0 Å². The van der Waals surface area contributed by atoms with Crippen LogP contribution in [0.4, 0.5) is 0 Å². The average molecular weight is 401 g/mol. The number of pyridine rings is 1. The van der Waals surface area contributed by atoms with Crippen LogP contribution >= 0.6 is 15.9 Å². The molecule has 1 unspecified atom stereocenters. The molecule has 1 aromatic heterocycles. The number of hydrogen-bond acceptors (Lipinski definition) is 4. The molecular formula is C20H21BrN2O2. The van der Waals surface area contributed by atoms with Gasteiger partial charge >= 0.3 is 0 Å². The van der Waals surface area contributed by atoms with Crippen LogP contribution in [0.2, 0.25) is 0 Å². The zero-order valence-corrected chi connectivity index (χ0v) is 15.7. The molecule has 3 saturated heterocycles. The van der Waals surface area contributed by atoms with Gasteiger partial charge in [0.2, 0.25) is 0 Å². The van der Waals surface area contributed by atoms with Gasteiger partial charge in [-0.1, -0.05) is 5.92 Å². The quantitative estimate of drug-likeness (QED) is 0.802. The highest BCUT2D eigenvalue weighted by molar-refractivity contribution is 9.12. The number of piperidine rings is 3. The Morgan fingerprint density at radius 1 is 1.40 bits per heavy atom. The van der Waals surface area contributed by atoms with Gasteiger partial charge in [0.15, 0.2) is 0 Å². The molecule has 4 nitrogen and oxygen atoms in total. The number of hydrogen-bond donors (Lipinski definition) is 1. The maximum Gasteiger partial charge on any atom is 0.119 e. The third kappa shape index (κ3) is 3.03. The average Bonchev–Trinajstić information content (AvgIpc) is 2.67. The van der Waals surface area contributed by atoms with Crippen molar-refractivity contribution >= 4 is 26.8 Å². The van der Waals surface area contributed by atoms with E-state index < -0.39 is 6.10 Å². The van der Waals surface area contributed by atoms with E-state index in [1.165, 1.54) is 6.42 Å². The molecule has 0 saturated carbocycles. The van der Waals surface area contributed by atoms with E-state index in [1.807, 2.05) is 24.3 Å². The minimum Gasteiger partial charge on any atom is -0.497 e. The first-order chi connectivity index (χ1) is 12.2. The summed E-state index contributed by atoms with van der Waals surface area (Å²) in [6.07, 6.45) is 3.41. The number of nitrogens with zero attached hydrogens (tertiary/aromatic N) is 2. The molecule has 25 heavy (non-hydrogen) atoms. The third-order valence-electron chi connectivity index (χ3n) is 5.71. The van der Waals surface area contributed by atoms with Gasteiger partial charge in [0.25, 0.3) is 0 Å². The smallest absolute Gasteiger partial charge is 0.119 e. The minimum absolute atomic E-state index is 0.143. The van der Waals surface area contributed by atoms with E-state index in [-0.39, 0.29) is 6.04 Å². The molecule has 130 valence electrons. The van der Waals surface area contributed by atoms with Crippen LogP contribution in [-0.4, -0.2) is 41.2 Å². The molecule has 0 spiro atoms. The topological polar surface area (TPSA) is 45.6 Å². The van der Waals surface area contributed by atoms with E-state index in [4.69, 9.17) is 4.74 Å². The lowest BCUT2D eigenvalue weighted by molar-refractivity contribution is -0.0425. The van der Waals surface area contributed by atoms with Crippen molar-refractivity contribution < 1.29 is 9.84 Å². The molecule has 5 rings (SSSR count). The molecule has 0 radical (unpaired) electrons. The van der Waals surface area contributed by atoms with E-state index >= 15 is 0 Å². The fraction of sp³-hybridized carbons (Fsp3) is 0.450. The first kappa shape index (κ1) is 16.8. The monoisotopic (exact) mass is 400 g/mol. The Kier molecular flexibility index (Phi) is 4.68. The Morgan fingerprint density at radius 2 is 2.28 bits per heavy atom. The Bertz CT molecular complexity index is 844. The molecule has 2 bridgehead atoms. The maximum absolute atomic E-state index is 11.2. The van der Waals surface area contributed by atoms with Crippen LogP contribution < -0.4 is 4.74 Å². The fourth-order valence-corrected chi connectivity index (χ4v) is 4.66. The minimum atomic E-state index is -0.529. The number of aliphatic hydroxyl groups is 1. The van der Waals surface area contributed by atoms with Gasteiger partial charge in [0, 0.05) is 46.0 Å². The van der Waals surface area contributed by atoms with Gasteiger partial charge in [-0.2, -0.15) is 0 Å². The Hall–Kier alpha value is -1.61. The van der Waals surface area contributed by atoms with Gasteiger partial charge in [-0.15, -0.1) is 0 Å². The van der Waals surface area contributed by atoms with Crippen LogP contribution in [0.25, 0.3) is 10.9 Å². The SMILES string of the molecule is COc1ccc2nccc([C@H](O)[C@H]3C[C@@H]4CCN3C[C@@H]4C#CBr)c2c1. The van der Waals surface area contributed by atoms with Crippen molar-refractivity contribution in [2.75, 3.05) is 20.2 Å². The Balaban J connectivity index is 1.66. The first-order valence-corrected chi connectivity index (χ1v) is 9.46. The maximum atomic E-state index is 11.2. The normalized spacial score (nSPS) is 29.1. The summed E-state index contributed by atoms with van der Waals surface area (Å²) in [5, 5.41) is 12.2. The van der Waals surface area contributed by atoms with Crippen molar-refractivity contribution in [2.45, 2.75) is 25.0 Å². The van der Waals surface area contributed by atoms with Crippen LogP contribution in [0.3, 0.4) is 0 Å². The lowest BCUT2D eigenvalue weighted by Crippen LogP contribution is -2.55. The summed E-state index contributed by atoms with van der Waals surface area (Å²) < 4.78 is 5.35. The summed E-state index contributed by atoms with van der Waals surface area (Å²) in [6.45, 7) is 1.98. The van der Waals surface area contributed by atoms with Gasteiger partial charge in [-0.25, -0.2) is 0 Å². The highest BCUT2D eigenvalue weighted by atomic mass is 79.9.